The first-order valence-corrected chi connectivity index (χ1v) is 9.13. The van der Waals surface area contributed by atoms with Gasteiger partial charge in [0.15, 0.2) is 5.82 Å². The van der Waals surface area contributed by atoms with Crippen molar-refractivity contribution in [2.24, 2.45) is 5.92 Å². The van der Waals surface area contributed by atoms with Crippen molar-refractivity contribution in [3.8, 4) is 5.69 Å². The zero-order valence-electron chi connectivity index (χ0n) is 14.9. The molecule has 0 amide bonds. The van der Waals surface area contributed by atoms with Crippen LogP contribution in [0, 0.1) is 12.8 Å². The molecule has 1 aromatic carbocycles. The van der Waals surface area contributed by atoms with Crippen molar-refractivity contribution in [1.82, 2.24) is 25.5 Å². The summed E-state index contributed by atoms with van der Waals surface area (Å²) in [7, 11) is 0. The standard InChI is InChI=1S/C18H26ClN5/c1-12(2)20-18(10-8-13(3)9-11-18)17-21-22-23-24(17)16-7-5-6-15(19)14(16)4/h5-7,12-13,20H,8-11H2,1-4H3. The van der Waals surface area contributed by atoms with Gasteiger partial charge in [-0.05, 0) is 80.5 Å². The number of benzene rings is 1. The van der Waals surface area contributed by atoms with Crippen LogP contribution >= 0.6 is 11.6 Å². The van der Waals surface area contributed by atoms with Crippen LogP contribution in [-0.4, -0.2) is 26.2 Å². The van der Waals surface area contributed by atoms with Gasteiger partial charge in [0.05, 0.1) is 11.2 Å². The number of hydrogen-bond donors (Lipinski definition) is 1. The number of aromatic nitrogens is 4. The minimum absolute atomic E-state index is 0.182. The van der Waals surface area contributed by atoms with Crippen LogP contribution in [-0.2, 0) is 5.54 Å². The average molecular weight is 348 g/mol. The molecule has 130 valence electrons. The molecule has 1 N–H and O–H groups in total. The molecule has 6 heteroatoms. The zero-order valence-corrected chi connectivity index (χ0v) is 15.6. The lowest BCUT2D eigenvalue weighted by Crippen LogP contribution is -2.50. The predicted octanol–water partition coefficient (Wildman–Crippen LogP) is 4.03. The summed E-state index contributed by atoms with van der Waals surface area (Å²) in [4.78, 5) is 0. The van der Waals surface area contributed by atoms with Gasteiger partial charge in [-0.15, -0.1) is 5.10 Å². The predicted molar refractivity (Wildman–Crippen MR) is 96.5 cm³/mol. The van der Waals surface area contributed by atoms with Gasteiger partial charge in [-0.3, -0.25) is 0 Å². The Balaban J connectivity index is 2.07. The second-order valence-corrected chi connectivity index (χ2v) is 7.77. The first-order valence-electron chi connectivity index (χ1n) is 8.75. The van der Waals surface area contributed by atoms with E-state index >= 15 is 0 Å². The Kier molecular flexibility index (Phi) is 4.92. The highest BCUT2D eigenvalue weighted by Gasteiger charge is 2.41. The van der Waals surface area contributed by atoms with E-state index in [9.17, 15) is 0 Å². The summed E-state index contributed by atoms with van der Waals surface area (Å²) < 4.78 is 1.87. The maximum atomic E-state index is 6.31. The number of nitrogens with zero attached hydrogens (tertiary/aromatic N) is 4. The van der Waals surface area contributed by atoms with E-state index in [1.54, 1.807) is 0 Å². The van der Waals surface area contributed by atoms with E-state index in [1.807, 2.05) is 29.8 Å². The fourth-order valence-electron chi connectivity index (χ4n) is 3.71. The summed E-state index contributed by atoms with van der Waals surface area (Å²) in [5.74, 6) is 1.65. The molecule has 0 radical (unpaired) electrons. The third-order valence-electron chi connectivity index (χ3n) is 5.06. The lowest BCUT2D eigenvalue weighted by atomic mass is 9.76. The quantitative estimate of drug-likeness (QED) is 0.907. The van der Waals surface area contributed by atoms with Crippen molar-refractivity contribution >= 4 is 11.6 Å². The molecule has 1 aliphatic rings. The van der Waals surface area contributed by atoms with Crippen LogP contribution in [0.4, 0.5) is 0 Å². The van der Waals surface area contributed by atoms with Crippen LogP contribution < -0.4 is 5.32 Å². The third kappa shape index (κ3) is 3.20. The fourth-order valence-corrected chi connectivity index (χ4v) is 3.88. The molecule has 0 unspecified atom stereocenters. The number of rotatable bonds is 4. The van der Waals surface area contributed by atoms with Gasteiger partial charge in [0.2, 0.25) is 0 Å². The molecule has 2 aromatic rings. The Bertz CT molecular complexity index is 701. The van der Waals surface area contributed by atoms with Crippen LogP contribution in [0.15, 0.2) is 18.2 Å². The van der Waals surface area contributed by atoms with Crippen LogP contribution in [0.5, 0.6) is 0 Å². The van der Waals surface area contributed by atoms with Crippen molar-refractivity contribution in [3.05, 3.63) is 34.6 Å². The lowest BCUT2D eigenvalue weighted by Gasteiger charge is -2.40. The number of hydrogen-bond acceptors (Lipinski definition) is 4. The normalized spacial score (nSPS) is 24.5. The third-order valence-corrected chi connectivity index (χ3v) is 5.47. The molecule has 0 aliphatic heterocycles. The maximum Gasteiger partial charge on any atom is 0.176 e. The zero-order chi connectivity index (χ0) is 17.3. The van der Waals surface area contributed by atoms with Gasteiger partial charge >= 0.3 is 0 Å². The van der Waals surface area contributed by atoms with Gasteiger partial charge in [0.25, 0.3) is 0 Å². The first-order chi connectivity index (χ1) is 11.4. The number of halogens is 1. The molecule has 0 saturated heterocycles. The molecule has 5 nitrogen and oxygen atoms in total. The van der Waals surface area contributed by atoms with Crippen molar-refractivity contribution in [3.63, 3.8) is 0 Å². The van der Waals surface area contributed by atoms with E-state index < -0.39 is 0 Å². The van der Waals surface area contributed by atoms with E-state index in [0.717, 1.165) is 40.9 Å². The summed E-state index contributed by atoms with van der Waals surface area (Å²) in [6.45, 7) is 8.69. The van der Waals surface area contributed by atoms with Crippen LogP contribution in [0.1, 0.15) is 57.8 Å². The highest BCUT2D eigenvalue weighted by Crippen LogP contribution is 2.39. The Morgan fingerprint density at radius 3 is 2.67 bits per heavy atom. The topological polar surface area (TPSA) is 55.6 Å². The maximum absolute atomic E-state index is 6.31. The molecule has 3 rings (SSSR count). The molecular weight excluding hydrogens is 322 g/mol. The molecule has 1 fully saturated rings. The van der Waals surface area contributed by atoms with Gasteiger partial charge in [0, 0.05) is 11.1 Å². The Labute approximate surface area is 148 Å². The molecule has 1 aromatic heterocycles. The smallest absolute Gasteiger partial charge is 0.176 e. The Morgan fingerprint density at radius 1 is 1.29 bits per heavy atom. The minimum Gasteiger partial charge on any atom is -0.302 e. The molecule has 0 bridgehead atoms. The molecular formula is C18H26ClN5. The monoisotopic (exact) mass is 347 g/mol. The van der Waals surface area contributed by atoms with Gasteiger partial charge < -0.3 is 5.32 Å². The number of tetrazole rings is 1. The van der Waals surface area contributed by atoms with E-state index in [0.29, 0.717) is 6.04 Å². The summed E-state index contributed by atoms with van der Waals surface area (Å²) in [5, 5.41) is 17.2. The summed E-state index contributed by atoms with van der Waals surface area (Å²) in [6.07, 6.45) is 4.46. The molecule has 0 atom stereocenters. The van der Waals surface area contributed by atoms with Crippen molar-refractivity contribution in [2.45, 2.75) is 65.0 Å². The lowest BCUT2D eigenvalue weighted by molar-refractivity contribution is 0.170. The molecule has 1 saturated carbocycles. The summed E-state index contributed by atoms with van der Waals surface area (Å²) in [6, 6.07) is 6.23. The van der Waals surface area contributed by atoms with Gasteiger partial charge in [-0.1, -0.05) is 24.6 Å². The van der Waals surface area contributed by atoms with Crippen molar-refractivity contribution < 1.29 is 0 Å². The van der Waals surface area contributed by atoms with Crippen molar-refractivity contribution in [1.29, 1.82) is 0 Å². The molecule has 1 heterocycles. The minimum atomic E-state index is -0.182. The molecule has 0 spiro atoms. The SMILES string of the molecule is Cc1c(Cl)cccc1-n1nnnc1C1(NC(C)C)CCC(C)CC1. The van der Waals surface area contributed by atoms with Crippen molar-refractivity contribution in [2.75, 3.05) is 0 Å². The van der Waals surface area contributed by atoms with Gasteiger partial charge in [-0.2, -0.15) is 4.68 Å². The highest BCUT2D eigenvalue weighted by atomic mass is 35.5. The first kappa shape index (κ1) is 17.4. The van der Waals surface area contributed by atoms with Gasteiger partial charge in [0.1, 0.15) is 0 Å². The van der Waals surface area contributed by atoms with E-state index in [2.05, 4.69) is 41.6 Å². The van der Waals surface area contributed by atoms with E-state index in [4.69, 9.17) is 11.6 Å². The Hall–Kier alpha value is -1.46. The largest absolute Gasteiger partial charge is 0.302 e. The second-order valence-electron chi connectivity index (χ2n) is 7.36. The fraction of sp³-hybridized carbons (Fsp3) is 0.611. The van der Waals surface area contributed by atoms with Crippen LogP contribution in [0.2, 0.25) is 5.02 Å². The summed E-state index contributed by atoms with van der Waals surface area (Å²) in [5.41, 5.74) is 1.77. The van der Waals surface area contributed by atoms with Gasteiger partial charge in [-0.25, -0.2) is 0 Å². The molecule has 24 heavy (non-hydrogen) atoms. The van der Waals surface area contributed by atoms with E-state index in [-0.39, 0.29) is 5.54 Å². The Morgan fingerprint density at radius 2 is 2.00 bits per heavy atom. The highest BCUT2D eigenvalue weighted by molar-refractivity contribution is 6.31. The second kappa shape index (κ2) is 6.81. The molecule has 1 aliphatic carbocycles. The average Bonchev–Trinajstić information content (AvgIpc) is 3.02. The van der Waals surface area contributed by atoms with Crippen LogP contribution in [0.3, 0.4) is 0 Å². The number of nitrogens with one attached hydrogen (secondary N) is 1. The summed E-state index contributed by atoms with van der Waals surface area (Å²) >= 11 is 6.31. The van der Waals surface area contributed by atoms with E-state index in [1.165, 1.54) is 12.8 Å². The van der Waals surface area contributed by atoms with Crippen LogP contribution in [0.25, 0.3) is 5.69 Å².